The Morgan fingerprint density at radius 1 is 0.561 bits per heavy atom. The number of aliphatic hydroxyl groups is 2. The molecular formula is C46H87O10P. The second-order valence-corrected chi connectivity index (χ2v) is 17.3. The molecule has 3 N–H and O–H groups in total. The van der Waals surface area contributed by atoms with Crippen LogP contribution in [0.3, 0.4) is 0 Å². The smallest absolute Gasteiger partial charge is 0.462 e. The molecular weight excluding hydrogens is 743 g/mol. The van der Waals surface area contributed by atoms with Crippen molar-refractivity contribution in [2.75, 3.05) is 26.4 Å². The van der Waals surface area contributed by atoms with Crippen LogP contribution in [0.5, 0.6) is 0 Å². The molecule has 336 valence electrons. The van der Waals surface area contributed by atoms with Gasteiger partial charge < -0.3 is 24.6 Å². The van der Waals surface area contributed by atoms with Gasteiger partial charge in [-0.05, 0) is 51.4 Å². The molecule has 0 fully saturated rings. The maximum Gasteiger partial charge on any atom is 0.472 e. The lowest BCUT2D eigenvalue weighted by atomic mass is 10.0. The summed E-state index contributed by atoms with van der Waals surface area (Å²) >= 11 is 0. The van der Waals surface area contributed by atoms with Gasteiger partial charge >= 0.3 is 19.8 Å². The molecule has 11 heteroatoms. The van der Waals surface area contributed by atoms with Crippen LogP contribution in [-0.2, 0) is 32.7 Å². The zero-order valence-electron chi connectivity index (χ0n) is 36.4. The van der Waals surface area contributed by atoms with E-state index in [9.17, 15) is 24.2 Å². The van der Waals surface area contributed by atoms with Crippen LogP contribution in [0.2, 0.25) is 0 Å². The van der Waals surface area contributed by atoms with Gasteiger partial charge in [-0.25, -0.2) is 4.57 Å². The lowest BCUT2D eigenvalue weighted by molar-refractivity contribution is -0.161. The van der Waals surface area contributed by atoms with Gasteiger partial charge in [0.15, 0.2) is 6.10 Å². The number of ether oxygens (including phenoxy) is 2. The molecule has 0 bridgehead atoms. The highest BCUT2D eigenvalue weighted by Gasteiger charge is 2.27. The predicted octanol–water partition coefficient (Wildman–Crippen LogP) is 12.6. The first-order chi connectivity index (χ1) is 27.7. The molecule has 0 saturated carbocycles. The lowest BCUT2D eigenvalue weighted by Gasteiger charge is -2.20. The van der Waals surface area contributed by atoms with Crippen molar-refractivity contribution in [2.24, 2.45) is 0 Å². The number of unbranched alkanes of at least 4 members (excludes halogenated alkanes) is 28. The third-order valence-electron chi connectivity index (χ3n) is 10.2. The quantitative estimate of drug-likeness (QED) is 0.0234. The summed E-state index contributed by atoms with van der Waals surface area (Å²) in [6.45, 7) is 3.92. The van der Waals surface area contributed by atoms with Gasteiger partial charge in [0.25, 0.3) is 0 Å². The number of carbonyl (C=O) groups excluding carboxylic acids is 2. The number of phosphoric ester groups is 1. The highest BCUT2D eigenvalue weighted by atomic mass is 31.2. The Bertz CT molecular complexity index is 990. The minimum Gasteiger partial charge on any atom is -0.462 e. The number of allylic oxidation sites excluding steroid dienone is 3. The van der Waals surface area contributed by atoms with Gasteiger partial charge in [-0.1, -0.05) is 173 Å². The van der Waals surface area contributed by atoms with Gasteiger partial charge in [0.2, 0.25) is 0 Å². The summed E-state index contributed by atoms with van der Waals surface area (Å²) in [5.41, 5.74) is 0. The minimum atomic E-state index is -4.62. The van der Waals surface area contributed by atoms with Crippen molar-refractivity contribution >= 4 is 19.8 Å². The van der Waals surface area contributed by atoms with Crippen LogP contribution in [0.15, 0.2) is 24.8 Å². The summed E-state index contributed by atoms with van der Waals surface area (Å²) < 4.78 is 32.8. The van der Waals surface area contributed by atoms with Gasteiger partial charge in [-0.3, -0.25) is 18.6 Å². The van der Waals surface area contributed by atoms with E-state index in [1.807, 2.05) is 6.08 Å². The van der Waals surface area contributed by atoms with Crippen molar-refractivity contribution in [3.8, 4) is 0 Å². The first-order valence-electron chi connectivity index (χ1n) is 23.3. The Kier molecular flexibility index (Phi) is 41.4. The molecule has 0 aliphatic rings. The van der Waals surface area contributed by atoms with Crippen LogP contribution < -0.4 is 0 Å². The summed E-state index contributed by atoms with van der Waals surface area (Å²) in [6, 6.07) is 0. The van der Waals surface area contributed by atoms with E-state index in [0.717, 1.165) is 44.9 Å². The second-order valence-electron chi connectivity index (χ2n) is 15.9. The Morgan fingerprint density at radius 3 is 1.39 bits per heavy atom. The molecule has 0 aromatic heterocycles. The summed E-state index contributed by atoms with van der Waals surface area (Å²) in [4.78, 5) is 35.1. The molecule has 57 heavy (non-hydrogen) atoms. The number of rotatable bonds is 45. The fraction of sp³-hybridized carbons (Fsp3) is 0.870. The average Bonchev–Trinajstić information content (AvgIpc) is 3.20. The maximum atomic E-state index is 12.6. The summed E-state index contributed by atoms with van der Waals surface area (Å²) in [5.74, 6) is -0.921. The molecule has 0 aromatic rings. The fourth-order valence-corrected chi connectivity index (χ4v) is 7.41. The molecule has 0 spiro atoms. The van der Waals surface area contributed by atoms with E-state index in [1.54, 1.807) is 0 Å². The zero-order chi connectivity index (χ0) is 41.9. The third kappa shape index (κ3) is 42.4. The van der Waals surface area contributed by atoms with E-state index in [0.29, 0.717) is 12.8 Å². The molecule has 3 atom stereocenters. The van der Waals surface area contributed by atoms with Crippen LogP contribution in [0.1, 0.15) is 219 Å². The summed E-state index contributed by atoms with van der Waals surface area (Å²) in [6.07, 6.45) is 41.7. The fourth-order valence-electron chi connectivity index (χ4n) is 6.62. The van der Waals surface area contributed by atoms with Gasteiger partial charge in [-0.2, -0.15) is 0 Å². The standard InChI is InChI=1S/C46H87O10P/c1-3-5-7-9-11-13-15-17-19-20-21-22-24-26-28-30-32-34-36-38-46(50)56-44(42-55-57(51,52)54-40-43(48)39-47)41-53-45(49)37-35-33-31-29-27-25-23-18-16-14-12-10-8-6-4-2/h4,17,19,43-44,47-48H,2-3,5-16,18,20-42H2,1H3,(H,51,52)/b19-17+/t43-,44+/m0/s1. The molecule has 0 saturated heterocycles. The molecule has 0 rings (SSSR count). The summed E-state index contributed by atoms with van der Waals surface area (Å²) in [5, 5.41) is 18.4. The van der Waals surface area contributed by atoms with Crippen molar-refractivity contribution in [2.45, 2.75) is 231 Å². The first-order valence-corrected chi connectivity index (χ1v) is 24.7. The maximum absolute atomic E-state index is 12.6. The highest BCUT2D eigenvalue weighted by Crippen LogP contribution is 2.43. The highest BCUT2D eigenvalue weighted by molar-refractivity contribution is 7.47. The Morgan fingerprint density at radius 2 is 0.947 bits per heavy atom. The van der Waals surface area contributed by atoms with Crippen LogP contribution in [0.4, 0.5) is 0 Å². The van der Waals surface area contributed by atoms with Crippen LogP contribution in [0, 0.1) is 0 Å². The average molecular weight is 831 g/mol. The number of aliphatic hydroxyl groups excluding tert-OH is 2. The molecule has 0 radical (unpaired) electrons. The van der Waals surface area contributed by atoms with Crippen molar-refractivity contribution in [3.05, 3.63) is 24.8 Å². The number of hydrogen-bond donors (Lipinski definition) is 3. The SMILES string of the molecule is C=CCCCCCCCCCCCCCCCC(=O)OC[C@H](COP(=O)(O)OC[C@@H](O)CO)OC(=O)CCCCCCCCCCC/C=C/CCCCCCCC. The number of hydrogen-bond acceptors (Lipinski definition) is 9. The number of esters is 2. The molecule has 0 amide bonds. The van der Waals surface area contributed by atoms with E-state index >= 15 is 0 Å². The predicted molar refractivity (Wildman–Crippen MR) is 233 cm³/mol. The van der Waals surface area contributed by atoms with E-state index in [1.165, 1.54) is 141 Å². The van der Waals surface area contributed by atoms with E-state index in [2.05, 4.69) is 25.7 Å². The van der Waals surface area contributed by atoms with Crippen LogP contribution in [-0.4, -0.2) is 65.7 Å². The van der Waals surface area contributed by atoms with Gasteiger partial charge in [0.05, 0.1) is 19.8 Å². The molecule has 0 heterocycles. The third-order valence-corrected chi connectivity index (χ3v) is 11.2. The summed E-state index contributed by atoms with van der Waals surface area (Å²) in [7, 11) is -4.62. The van der Waals surface area contributed by atoms with Crippen LogP contribution in [0.25, 0.3) is 0 Å². The topological polar surface area (TPSA) is 149 Å². The van der Waals surface area contributed by atoms with Gasteiger partial charge in [0, 0.05) is 12.8 Å². The second kappa shape index (κ2) is 42.6. The zero-order valence-corrected chi connectivity index (χ0v) is 37.3. The molecule has 0 aromatic carbocycles. The molecule has 10 nitrogen and oxygen atoms in total. The van der Waals surface area contributed by atoms with Crippen molar-refractivity contribution in [3.63, 3.8) is 0 Å². The Labute approximate surface area is 348 Å². The van der Waals surface area contributed by atoms with E-state index < -0.39 is 51.8 Å². The normalized spacial score (nSPS) is 13.8. The Hall–Kier alpha value is -1.55. The molecule has 1 unspecified atom stereocenters. The van der Waals surface area contributed by atoms with Crippen molar-refractivity contribution in [1.29, 1.82) is 0 Å². The largest absolute Gasteiger partial charge is 0.472 e. The minimum absolute atomic E-state index is 0.184. The van der Waals surface area contributed by atoms with Crippen LogP contribution >= 0.6 is 7.82 Å². The van der Waals surface area contributed by atoms with Gasteiger partial charge in [0.1, 0.15) is 12.7 Å². The number of phosphoric acid groups is 1. The van der Waals surface area contributed by atoms with Crippen molar-refractivity contribution < 1.29 is 47.8 Å². The first kappa shape index (κ1) is 55.5. The van der Waals surface area contributed by atoms with E-state index in [4.69, 9.17) is 23.6 Å². The molecule has 0 aliphatic carbocycles. The van der Waals surface area contributed by atoms with E-state index in [-0.39, 0.29) is 19.4 Å². The van der Waals surface area contributed by atoms with Gasteiger partial charge in [-0.15, -0.1) is 6.58 Å². The monoisotopic (exact) mass is 831 g/mol. The molecule has 0 aliphatic heterocycles. The lowest BCUT2D eigenvalue weighted by Crippen LogP contribution is -2.29. The number of carbonyl (C=O) groups is 2. The Balaban J connectivity index is 4.21. The van der Waals surface area contributed by atoms with Crippen molar-refractivity contribution in [1.82, 2.24) is 0 Å².